The molecule has 1 aromatic heterocycles. The van der Waals surface area contributed by atoms with E-state index in [1.54, 1.807) is 38.1 Å². The minimum absolute atomic E-state index is 0.0214. The fourth-order valence-electron chi connectivity index (χ4n) is 2.22. The van der Waals surface area contributed by atoms with Crippen molar-refractivity contribution in [1.82, 2.24) is 9.29 Å². The summed E-state index contributed by atoms with van der Waals surface area (Å²) in [6.07, 6.45) is 2.71. The molecule has 0 bridgehead atoms. The fraction of sp³-hybridized carbons (Fsp3) is 0.278. The number of nitriles is 1. The van der Waals surface area contributed by atoms with Gasteiger partial charge in [0.1, 0.15) is 4.90 Å². The molecule has 0 aliphatic heterocycles. The van der Waals surface area contributed by atoms with Gasteiger partial charge < -0.3 is 5.32 Å². The number of hydrogen-bond acceptors (Lipinski definition) is 5. The van der Waals surface area contributed by atoms with Crippen LogP contribution in [0.1, 0.15) is 19.4 Å². The molecule has 0 aliphatic rings. The molecule has 0 saturated heterocycles. The van der Waals surface area contributed by atoms with Crippen molar-refractivity contribution >= 4 is 21.6 Å². The third-order valence-corrected chi connectivity index (χ3v) is 5.64. The maximum absolute atomic E-state index is 12.4. The predicted octanol–water partition coefficient (Wildman–Crippen LogP) is 2.14. The van der Waals surface area contributed by atoms with Gasteiger partial charge in [-0.3, -0.25) is 9.78 Å². The number of anilines is 1. The highest BCUT2D eigenvalue weighted by molar-refractivity contribution is 7.89. The Hall–Kier alpha value is -2.76. The summed E-state index contributed by atoms with van der Waals surface area (Å²) in [7, 11) is -2.46. The van der Waals surface area contributed by atoms with E-state index in [-0.39, 0.29) is 11.4 Å². The second kappa shape index (κ2) is 7.64. The topological polar surface area (TPSA) is 103 Å². The second-order valence-electron chi connectivity index (χ2n) is 6.32. The zero-order chi connectivity index (χ0) is 19.4. The average molecular weight is 372 g/mol. The highest BCUT2D eigenvalue weighted by Crippen LogP contribution is 2.24. The third kappa shape index (κ3) is 4.45. The molecule has 0 saturated carbocycles. The number of rotatable bonds is 6. The summed E-state index contributed by atoms with van der Waals surface area (Å²) in [4.78, 5) is 16.0. The SMILES string of the molecule is CN(CC(=O)Nc1cccc(C(C)(C)C#N)c1)S(=O)(=O)c1cccnc1. The van der Waals surface area contributed by atoms with Crippen molar-refractivity contribution in [3.63, 3.8) is 0 Å². The van der Waals surface area contributed by atoms with Crippen LogP contribution in [0.15, 0.2) is 53.7 Å². The Kier molecular flexibility index (Phi) is 5.75. The maximum Gasteiger partial charge on any atom is 0.244 e. The number of sulfonamides is 1. The number of aromatic nitrogens is 1. The summed E-state index contributed by atoms with van der Waals surface area (Å²) in [5.74, 6) is -0.480. The molecule has 0 unspecified atom stereocenters. The van der Waals surface area contributed by atoms with Gasteiger partial charge >= 0.3 is 0 Å². The lowest BCUT2D eigenvalue weighted by atomic mass is 9.86. The van der Waals surface area contributed by atoms with Gasteiger partial charge in [-0.05, 0) is 43.7 Å². The number of nitrogens with one attached hydrogen (secondary N) is 1. The van der Waals surface area contributed by atoms with Crippen molar-refractivity contribution in [3.8, 4) is 6.07 Å². The van der Waals surface area contributed by atoms with Crippen LogP contribution in [0.5, 0.6) is 0 Å². The molecule has 0 fully saturated rings. The molecule has 1 aromatic carbocycles. The first-order valence-electron chi connectivity index (χ1n) is 7.85. The lowest BCUT2D eigenvalue weighted by molar-refractivity contribution is -0.116. The van der Waals surface area contributed by atoms with Crippen LogP contribution in [0, 0.1) is 11.3 Å². The van der Waals surface area contributed by atoms with Crippen LogP contribution >= 0.6 is 0 Å². The van der Waals surface area contributed by atoms with Crippen molar-refractivity contribution in [3.05, 3.63) is 54.4 Å². The number of hydrogen-bond donors (Lipinski definition) is 1. The van der Waals surface area contributed by atoms with E-state index in [0.29, 0.717) is 5.69 Å². The molecule has 1 N–H and O–H groups in total. The number of nitrogens with zero attached hydrogens (tertiary/aromatic N) is 3. The van der Waals surface area contributed by atoms with E-state index in [1.807, 2.05) is 0 Å². The van der Waals surface area contributed by atoms with Crippen LogP contribution in [-0.4, -0.2) is 37.2 Å². The highest BCUT2D eigenvalue weighted by Gasteiger charge is 2.24. The molecule has 0 aliphatic carbocycles. The molecular weight excluding hydrogens is 352 g/mol. The molecular formula is C18H20N4O3S. The minimum atomic E-state index is -3.79. The molecule has 1 heterocycles. The molecule has 0 atom stereocenters. The summed E-state index contributed by atoms with van der Waals surface area (Å²) in [5, 5.41) is 11.9. The van der Waals surface area contributed by atoms with Crippen LogP contribution in [-0.2, 0) is 20.2 Å². The normalized spacial score (nSPS) is 11.8. The molecule has 0 spiro atoms. The number of likely N-dealkylation sites (N-methyl/N-ethyl adjacent to an activating group) is 1. The molecule has 136 valence electrons. The highest BCUT2D eigenvalue weighted by atomic mass is 32.2. The van der Waals surface area contributed by atoms with Crippen LogP contribution < -0.4 is 5.32 Å². The second-order valence-corrected chi connectivity index (χ2v) is 8.36. The first-order chi connectivity index (χ1) is 12.2. The van der Waals surface area contributed by atoms with E-state index in [1.165, 1.54) is 31.6 Å². The van der Waals surface area contributed by atoms with Gasteiger partial charge in [-0.25, -0.2) is 8.42 Å². The first-order valence-corrected chi connectivity index (χ1v) is 9.29. The third-order valence-electron chi connectivity index (χ3n) is 3.86. The Morgan fingerprint density at radius 3 is 2.65 bits per heavy atom. The van der Waals surface area contributed by atoms with Gasteiger partial charge in [0.25, 0.3) is 0 Å². The number of benzene rings is 1. The molecule has 26 heavy (non-hydrogen) atoms. The molecule has 7 nitrogen and oxygen atoms in total. The van der Waals surface area contributed by atoms with E-state index in [2.05, 4.69) is 16.4 Å². The first kappa shape index (κ1) is 19.6. The monoisotopic (exact) mass is 372 g/mol. The summed E-state index contributed by atoms with van der Waals surface area (Å²) in [6, 6.07) is 12.1. The lowest BCUT2D eigenvalue weighted by Crippen LogP contribution is -2.35. The van der Waals surface area contributed by atoms with Gasteiger partial charge in [-0.15, -0.1) is 0 Å². The van der Waals surface area contributed by atoms with Crippen molar-refractivity contribution < 1.29 is 13.2 Å². The van der Waals surface area contributed by atoms with Gasteiger partial charge in [0, 0.05) is 25.1 Å². The summed E-state index contributed by atoms with van der Waals surface area (Å²) in [5.41, 5.74) is 0.568. The Labute approximate surface area is 153 Å². The standard InChI is InChI=1S/C18H20N4O3S/c1-18(2,13-19)14-6-4-7-15(10-14)21-17(23)12-22(3)26(24,25)16-8-5-9-20-11-16/h4-11H,12H2,1-3H3,(H,21,23). The zero-order valence-electron chi connectivity index (χ0n) is 14.8. The average Bonchev–Trinajstić information content (AvgIpc) is 2.62. The van der Waals surface area contributed by atoms with Crippen molar-refractivity contribution in [2.75, 3.05) is 18.9 Å². The Morgan fingerprint density at radius 1 is 1.31 bits per heavy atom. The van der Waals surface area contributed by atoms with E-state index >= 15 is 0 Å². The quantitative estimate of drug-likeness (QED) is 0.837. The fourth-order valence-corrected chi connectivity index (χ4v) is 3.31. The Balaban J connectivity index is 2.10. The van der Waals surface area contributed by atoms with Crippen LogP contribution in [0.3, 0.4) is 0 Å². The predicted molar refractivity (Wildman–Crippen MR) is 97.8 cm³/mol. The zero-order valence-corrected chi connectivity index (χ0v) is 15.6. The van der Waals surface area contributed by atoms with Crippen LogP contribution in [0.4, 0.5) is 5.69 Å². The number of amides is 1. The molecule has 2 rings (SSSR count). The van der Waals surface area contributed by atoms with Gasteiger partial charge in [-0.1, -0.05) is 12.1 Å². The minimum Gasteiger partial charge on any atom is -0.325 e. The smallest absolute Gasteiger partial charge is 0.244 e. The van der Waals surface area contributed by atoms with E-state index in [9.17, 15) is 18.5 Å². The Morgan fingerprint density at radius 2 is 2.04 bits per heavy atom. The van der Waals surface area contributed by atoms with Crippen LogP contribution in [0.25, 0.3) is 0 Å². The van der Waals surface area contributed by atoms with E-state index in [4.69, 9.17) is 0 Å². The molecule has 0 radical (unpaired) electrons. The molecule has 1 amide bonds. The van der Waals surface area contributed by atoms with Crippen molar-refractivity contribution in [1.29, 1.82) is 5.26 Å². The number of pyridine rings is 1. The van der Waals surface area contributed by atoms with Gasteiger partial charge in [-0.2, -0.15) is 9.57 Å². The summed E-state index contributed by atoms with van der Waals surface area (Å²) < 4.78 is 25.8. The molecule has 8 heteroatoms. The van der Waals surface area contributed by atoms with Gasteiger partial charge in [0.05, 0.1) is 18.0 Å². The van der Waals surface area contributed by atoms with Crippen molar-refractivity contribution in [2.45, 2.75) is 24.2 Å². The lowest BCUT2D eigenvalue weighted by Gasteiger charge is -2.18. The maximum atomic E-state index is 12.4. The van der Waals surface area contributed by atoms with Gasteiger partial charge in [0.15, 0.2) is 0 Å². The number of carbonyl (C=O) groups is 1. The van der Waals surface area contributed by atoms with Crippen molar-refractivity contribution in [2.24, 2.45) is 0 Å². The largest absolute Gasteiger partial charge is 0.325 e. The Bertz CT molecular complexity index is 934. The van der Waals surface area contributed by atoms with Crippen LogP contribution in [0.2, 0.25) is 0 Å². The number of carbonyl (C=O) groups excluding carboxylic acids is 1. The van der Waals surface area contributed by atoms with E-state index < -0.39 is 21.3 Å². The summed E-state index contributed by atoms with van der Waals surface area (Å²) >= 11 is 0. The van der Waals surface area contributed by atoms with Gasteiger partial charge in [0.2, 0.25) is 15.9 Å². The molecule has 2 aromatic rings. The summed E-state index contributed by atoms with van der Waals surface area (Å²) in [6.45, 7) is 3.22. The van der Waals surface area contributed by atoms with E-state index in [0.717, 1.165) is 9.87 Å².